The van der Waals surface area contributed by atoms with Crippen molar-refractivity contribution in [1.29, 1.82) is 0 Å². The van der Waals surface area contributed by atoms with Crippen LogP contribution in [0, 0.1) is 6.92 Å². The number of fused-ring (bicyclic) bond motifs is 1. The molecule has 2 heterocycles. The molecule has 1 aromatic heterocycles. The average molecular weight is 325 g/mol. The zero-order valence-corrected chi connectivity index (χ0v) is 14.6. The Morgan fingerprint density at radius 1 is 1.12 bits per heavy atom. The van der Waals surface area contributed by atoms with Crippen LogP contribution in [0.1, 0.15) is 41.3 Å². The maximum absolute atomic E-state index is 5.17. The lowest BCUT2D eigenvalue weighted by molar-refractivity contribution is 0.118. The van der Waals surface area contributed by atoms with Crippen LogP contribution in [0.4, 0.5) is 0 Å². The standard InChI is InChI=1S/C20H27N3O/c1-16-13-19(21-24-16)15-23-11-9-22(10-12-23)14-18-7-4-6-17-5-2-3-8-20(17)18/h2-3,5,8,13,18H,4,6-7,9-12,14-15H2,1H3. The molecule has 0 bridgehead atoms. The fourth-order valence-electron chi connectivity index (χ4n) is 4.21. The summed E-state index contributed by atoms with van der Waals surface area (Å²) in [7, 11) is 0. The van der Waals surface area contributed by atoms with Crippen LogP contribution in [0.3, 0.4) is 0 Å². The third kappa shape index (κ3) is 3.55. The fraction of sp³-hybridized carbons (Fsp3) is 0.550. The molecule has 1 aromatic carbocycles. The number of hydrogen-bond donors (Lipinski definition) is 0. The predicted octanol–water partition coefficient (Wildman–Crippen LogP) is 3.22. The van der Waals surface area contributed by atoms with E-state index in [0.29, 0.717) is 0 Å². The minimum absolute atomic E-state index is 0.722. The summed E-state index contributed by atoms with van der Waals surface area (Å²) in [4.78, 5) is 5.14. The predicted molar refractivity (Wildman–Crippen MR) is 95.1 cm³/mol. The first kappa shape index (κ1) is 15.9. The summed E-state index contributed by atoms with van der Waals surface area (Å²) >= 11 is 0. The van der Waals surface area contributed by atoms with Crippen molar-refractivity contribution < 1.29 is 4.52 Å². The molecule has 0 saturated carbocycles. The molecule has 4 nitrogen and oxygen atoms in total. The Labute approximate surface area is 144 Å². The van der Waals surface area contributed by atoms with Crippen molar-refractivity contribution in [2.75, 3.05) is 32.7 Å². The Kier molecular flexibility index (Phi) is 4.67. The van der Waals surface area contributed by atoms with E-state index in [9.17, 15) is 0 Å². The van der Waals surface area contributed by atoms with Gasteiger partial charge in [-0.25, -0.2) is 0 Å². The highest BCUT2D eigenvalue weighted by Gasteiger charge is 2.24. The normalized spacial score (nSPS) is 22.5. The average Bonchev–Trinajstić information content (AvgIpc) is 3.02. The van der Waals surface area contributed by atoms with Gasteiger partial charge >= 0.3 is 0 Å². The van der Waals surface area contributed by atoms with Gasteiger partial charge in [-0.2, -0.15) is 0 Å². The van der Waals surface area contributed by atoms with Crippen LogP contribution in [0.25, 0.3) is 0 Å². The second kappa shape index (κ2) is 7.08. The molecule has 4 heteroatoms. The zero-order valence-electron chi connectivity index (χ0n) is 14.6. The summed E-state index contributed by atoms with van der Waals surface area (Å²) in [6.45, 7) is 8.66. The van der Waals surface area contributed by atoms with Crippen molar-refractivity contribution in [2.45, 2.75) is 38.6 Å². The molecule has 128 valence electrons. The summed E-state index contributed by atoms with van der Waals surface area (Å²) < 4.78 is 5.17. The topological polar surface area (TPSA) is 32.5 Å². The molecule has 1 fully saturated rings. The molecular weight excluding hydrogens is 298 g/mol. The van der Waals surface area contributed by atoms with Crippen LogP contribution < -0.4 is 0 Å². The Morgan fingerprint density at radius 3 is 2.71 bits per heavy atom. The van der Waals surface area contributed by atoms with Gasteiger partial charge < -0.3 is 9.42 Å². The van der Waals surface area contributed by atoms with Crippen LogP contribution in [-0.4, -0.2) is 47.7 Å². The van der Waals surface area contributed by atoms with E-state index >= 15 is 0 Å². The van der Waals surface area contributed by atoms with Crippen molar-refractivity contribution >= 4 is 0 Å². The van der Waals surface area contributed by atoms with E-state index < -0.39 is 0 Å². The molecule has 0 amide bonds. The number of hydrogen-bond acceptors (Lipinski definition) is 4. The lowest BCUT2D eigenvalue weighted by Gasteiger charge is -2.37. The Morgan fingerprint density at radius 2 is 1.92 bits per heavy atom. The lowest BCUT2D eigenvalue weighted by atomic mass is 9.82. The quantitative estimate of drug-likeness (QED) is 0.864. The Balaban J connectivity index is 1.31. The first-order valence-corrected chi connectivity index (χ1v) is 9.22. The largest absolute Gasteiger partial charge is 0.361 e. The van der Waals surface area contributed by atoms with Crippen molar-refractivity contribution in [3.05, 3.63) is 52.9 Å². The van der Waals surface area contributed by atoms with E-state index in [2.05, 4.69) is 39.2 Å². The molecule has 1 atom stereocenters. The van der Waals surface area contributed by atoms with Gasteiger partial charge in [0.15, 0.2) is 0 Å². The molecule has 0 radical (unpaired) electrons. The molecule has 0 N–H and O–H groups in total. The van der Waals surface area contributed by atoms with Gasteiger partial charge in [0.1, 0.15) is 5.76 Å². The van der Waals surface area contributed by atoms with Crippen molar-refractivity contribution in [2.24, 2.45) is 0 Å². The van der Waals surface area contributed by atoms with Crippen LogP contribution in [0.15, 0.2) is 34.9 Å². The molecular formula is C20H27N3O. The van der Waals surface area contributed by atoms with E-state index in [1.165, 1.54) is 25.8 Å². The molecule has 24 heavy (non-hydrogen) atoms. The van der Waals surface area contributed by atoms with Crippen molar-refractivity contribution in [3.63, 3.8) is 0 Å². The maximum atomic E-state index is 5.17. The monoisotopic (exact) mass is 325 g/mol. The first-order chi connectivity index (χ1) is 11.8. The van der Waals surface area contributed by atoms with Gasteiger partial charge in [-0.15, -0.1) is 0 Å². The minimum atomic E-state index is 0.722. The number of rotatable bonds is 4. The Hall–Kier alpha value is -1.65. The number of aryl methyl sites for hydroxylation is 2. The maximum Gasteiger partial charge on any atom is 0.133 e. The van der Waals surface area contributed by atoms with Gasteiger partial charge in [0.25, 0.3) is 0 Å². The fourth-order valence-corrected chi connectivity index (χ4v) is 4.21. The van der Waals surface area contributed by atoms with Crippen LogP contribution in [0.2, 0.25) is 0 Å². The smallest absolute Gasteiger partial charge is 0.133 e. The SMILES string of the molecule is Cc1cc(CN2CCN(CC3CCCc4ccccc43)CC2)no1. The molecule has 4 rings (SSSR count). The third-order valence-corrected chi connectivity index (χ3v) is 5.50. The molecule has 0 spiro atoms. The van der Waals surface area contributed by atoms with Crippen LogP contribution in [-0.2, 0) is 13.0 Å². The second-order valence-corrected chi connectivity index (χ2v) is 7.29. The van der Waals surface area contributed by atoms with E-state index in [1.54, 1.807) is 11.1 Å². The molecule has 2 aliphatic rings. The van der Waals surface area contributed by atoms with Gasteiger partial charge in [-0.05, 0) is 43.2 Å². The molecule has 1 unspecified atom stereocenters. The van der Waals surface area contributed by atoms with Gasteiger partial charge in [0.2, 0.25) is 0 Å². The first-order valence-electron chi connectivity index (χ1n) is 9.22. The zero-order chi connectivity index (χ0) is 16.4. The highest BCUT2D eigenvalue weighted by atomic mass is 16.5. The molecule has 1 aliphatic heterocycles. The van der Waals surface area contributed by atoms with Crippen molar-refractivity contribution in [1.82, 2.24) is 15.0 Å². The summed E-state index contributed by atoms with van der Waals surface area (Å²) in [5.41, 5.74) is 4.24. The van der Waals surface area contributed by atoms with Gasteiger partial charge in [-0.3, -0.25) is 4.90 Å². The molecule has 2 aromatic rings. The van der Waals surface area contributed by atoms with E-state index in [4.69, 9.17) is 4.52 Å². The van der Waals surface area contributed by atoms with E-state index in [-0.39, 0.29) is 0 Å². The molecule has 1 saturated heterocycles. The summed E-state index contributed by atoms with van der Waals surface area (Å²) in [6, 6.07) is 11.1. The second-order valence-electron chi connectivity index (χ2n) is 7.29. The summed E-state index contributed by atoms with van der Waals surface area (Å²) in [5, 5.41) is 4.12. The number of aromatic nitrogens is 1. The minimum Gasteiger partial charge on any atom is -0.361 e. The highest BCUT2D eigenvalue weighted by molar-refractivity contribution is 5.32. The van der Waals surface area contributed by atoms with E-state index in [0.717, 1.165) is 50.1 Å². The highest BCUT2D eigenvalue weighted by Crippen LogP contribution is 2.32. The lowest BCUT2D eigenvalue weighted by Crippen LogP contribution is -2.47. The van der Waals surface area contributed by atoms with Gasteiger partial charge in [-0.1, -0.05) is 29.4 Å². The number of nitrogens with zero attached hydrogens (tertiary/aromatic N) is 3. The van der Waals surface area contributed by atoms with Crippen LogP contribution >= 0.6 is 0 Å². The van der Waals surface area contributed by atoms with Crippen molar-refractivity contribution in [3.8, 4) is 0 Å². The van der Waals surface area contributed by atoms with Crippen LogP contribution in [0.5, 0.6) is 0 Å². The summed E-state index contributed by atoms with van der Waals surface area (Å²) in [5.74, 6) is 1.62. The number of piperazine rings is 1. The molecule has 1 aliphatic carbocycles. The van der Waals surface area contributed by atoms with E-state index in [1.807, 2.05) is 13.0 Å². The summed E-state index contributed by atoms with van der Waals surface area (Å²) in [6.07, 6.45) is 3.94. The van der Waals surface area contributed by atoms with Gasteiger partial charge in [0.05, 0.1) is 5.69 Å². The number of benzene rings is 1. The Bertz CT molecular complexity index is 673. The van der Waals surface area contributed by atoms with Gasteiger partial charge in [0, 0.05) is 45.3 Å². The third-order valence-electron chi connectivity index (χ3n) is 5.50.